The van der Waals surface area contributed by atoms with E-state index in [1.807, 2.05) is 27.7 Å². The summed E-state index contributed by atoms with van der Waals surface area (Å²) in [5, 5.41) is 31.0. The van der Waals surface area contributed by atoms with Crippen LogP contribution in [0.2, 0.25) is 0 Å². The molecule has 1 unspecified atom stereocenters. The van der Waals surface area contributed by atoms with Crippen molar-refractivity contribution in [2.75, 3.05) is 0 Å². The first-order chi connectivity index (χ1) is 18.9. The topological polar surface area (TPSA) is 134 Å². The zero-order chi connectivity index (χ0) is 30.4. The first kappa shape index (κ1) is 30.8. The van der Waals surface area contributed by atoms with E-state index < -0.39 is 35.5 Å². The normalized spacial score (nSPS) is 42.6. The number of aliphatic hydroxyl groups is 3. The molecule has 8 nitrogen and oxygen atoms in total. The molecule has 230 valence electrons. The van der Waals surface area contributed by atoms with Gasteiger partial charge in [0, 0.05) is 17.8 Å². The van der Waals surface area contributed by atoms with Gasteiger partial charge in [0.1, 0.15) is 17.8 Å². The van der Waals surface area contributed by atoms with Crippen molar-refractivity contribution < 1.29 is 39.2 Å². The monoisotopic (exact) mass is 574 g/mol. The second-order valence-electron chi connectivity index (χ2n) is 15.4. The molecule has 0 bridgehead atoms. The van der Waals surface area contributed by atoms with Gasteiger partial charge in [-0.2, -0.15) is 0 Å². The third-order valence-corrected chi connectivity index (χ3v) is 12.4. The summed E-state index contributed by atoms with van der Waals surface area (Å²) in [5.41, 5.74) is -1.84. The summed E-state index contributed by atoms with van der Waals surface area (Å²) >= 11 is 0. The Kier molecular flexibility index (Phi) is 7.49. The summed E-state index contributed by atoms with van der Waals surface area (Å²) in [6, 6.07) is 0. The van der Waals surface area contributed by atoms with Gasteiger partial charge < -0.3 is 24.8 Å². The van der Waals surface area contributed by atoms with E-state index in [1.165, 1.54) is 13.8 Å². The van der Waals surface area contributed by atoms with Crippen LogP contribution in [0.5, 0.6) is 0 Å². The lowest BCUT2D eigenvalue weighted by atomic mass is 9.46. The Morgan fingerprint density at radius 3 is 2.37 bits per heavy atom. The highest BCUT2D eigenvalue weighted by molar-refractivity contribution is 5.96. The molecule has 1 spiro atoms. The maximum atomic E-state index is 13.9. The van der Waals surface area contributed by atoms with Crippen LogP contribution in [0.3, 0.4) is 0 Å². The molecule has 0 amide bonds. The zero-order valence-electron chi connectivity index (χ0n) is 26.0. The second-order valence-corrected chi connectivity index (χ2v) is 15.4. The smallest absolute Gasteiger partial charge is 0.338 e. The summed E-state index contributed by atoms with van der Waals surface area (Å²) in [6.45, 7) is 15.1. The maximum absolute atomic E-state index is 13.9. The molecule has 3 saturated carbocycles. The average molecular weight is 575 g/mol. The number of aliphatic hydroxyl groups excluding tert-OH is 2. The molecule has 5 rings (SSSR count). The van der Waals surface area contributed by atoms with Gasteiger partial charge in [0.2, 0.25) is 0 Å². The largest absolute Gasteiger partial charge is 0.460 e. The number of ether oxygens (including phenoxy) is 2. The van der Waals surface area contributed by atoms with E-state index in [-0.39, 0.29) is 64.0 Å². The van der Waals surface area contributed by atoms with E-state index in [0.717, 1.165) is 24.8 Å². The number of allylic oxidation sites excluding steroid dienone is 1. The molecule has 0 radical (unpaired) electrons. The highest BCUT2D eigenvalue weighted by atomic mass is 16.6. The van der Waals surface area contributed by atoms with Gasteiger partial charge in [0.05, 0.1) is 17.6 Å². The summed E-state index contributed by atoms with van der Waals surface area (Å²) in [5.74, 6) is -1.18. The first-order valence-electron chi connectivity index (χ1n) is 15.7. The van der Waals surface area contributed by atoms with E-state index in [4.69, 9.17) is 9.47 Å². The Bertz CT molecular complexity index is 1140. The number of carbonyl (C=O) groups is 3. The molecule has 41 heavy (non-hydrogen) atoms. The van der Waals surface area contributed by atoms with Crippen LogP contribution in [0.15, 0.2) is 11.6 Å². The number of esters is 1. The van der Waals surface area contributed by atoms with E-state index in [9.17, 15) is 29.7 Å². The molecule has 4 fully saturated rings. The molecule has 4 aliphatic carbocycles. The molecular formula is C33H50O8. The van der Waals surface area contributed by atoms with E-state index in [1.54, 1.807) is 6.08 Å². The molecule has 12 atom stereocenters. The lowest BCUT2D eigenvalue weighted by Gasteiger charge is -2.55. The molecule has 8 heteroatoms. The molecule has 1 heterocycles. The fraction of sp³-hybridized carbons (Fsp3) is 0.848. The standard InChI is InChI=1S/C33H50O8/c1-16(2)17(3)26(35)27(36)18(4)21-9-10-22-25-23(34)14-19-13-20(40-29(38)28(37)30(5,6)39)11-12-32(19,8)33(25)24(41-33)15-31(21,22)7/h14,16-18,20-22,24-26,28,35,37,39H,9-13,15H2,1-8H3/t17-,18+,20+,21-,22+,24-,25+,26+,28?,31-,32+,33-/m1/s1. The fourth-order valence-corrected chi connectivity index (χ4v) is 9.39. The molecule has 1 saturated heterocycles. The minimum absolute atomic E-state index is 0.0625. The molecule has 3 N–H and O–H groups in total. The average Bonchev–Trinajstić information content (AvgIpc) is 3.51. The Hall–Kier alpha value is -1.61. The third-order valence-electron chi connectivity index (χ3n) is 12.4. The number of carbonyl (C=O) groups excluding carboxylic acids is 3. The molecule has 0 aromatic rings. The van der Waals surface area contributed by atoms with Gasteiger partial charge in [0.25, 0.3) is 0 Å². The molecular weight excluding hydrogens is 524 g/mol. The number of rotatable bonds is 8. The highest BCUT2D eigenvalue weighted by Crippen LogP contribution is 2.75. The van der Waals surface area contributed by atoms with E-state index in [2.05, 4.69) is 13.8 Å². The molecule has 0 aromatic carbocycles. The van der Waals surface area contributed by atoms with Crippen molar-refractivity contribution in [3.63, 3.8) is 0 Å². The van der Waals surface area contributed by atoms with E-state index in [0.29, 0.717) is 19.3 Å². The fourth-order valence-electron chi connectivity index (χ4n) is 9.39. The van der Waals surface area contributed by atoms with Crippen LogP contribution in [-0.4, -0.2) is 68.5 Å². The Morgan fingerprint density at radius 1 is 1.10 bits per heavy atom. The van der Waals surface area contributed by atoms with Gasteiger partial charge in [0.15, 0.2) is 17.7 Å². The Morgan fingerprint density at radius 2 is 1.76 bits per heavy atom. The van der Waals surface area contributed by atoms with Crippen molar-refractivity contribution in [1.29, 1.82) is 0 Å². The minimum Gasteiger partial charge on any atom is -0.460 e. The van der Waals surface area contributed by atoms with Crippen LogP contribution >= 0.6 is 0 Å². The van der Waals surface area contributed by atoms with Gasteiger partial charge in [-0.1, -0.05) is 47.1 Å². The predicted octanol–water partition coefficient (Wildman–Crippen LogP) is 3.78. The third kappa shape index (κ3) is 4.49. The van der Waals surface area contributed by atoms with Gasteiger partial charge in [-0.05, 0) is 81.1 Å². The summed E-state index contributed by atoms with van der Waals surface area (Å²) in [7, 11) is 0. The van der Waals surface area contributed by atoms with Crippen LogP contribution in [0.25, 0.3) is 0 Å². The van der Waals surface area contributed by atoms with Gasteiger partial charge in [-0.3, -0.25) is 9.59 Å². The second kappa shape index (κ2) is 9.96. The van der Waals surface area contributed by atoms with Crippen LogP contribution in [0.1, 0.15) is 93.9 Å². The number of Topliss-reactive ketones (excluding diaryl/α,β-unsaturated/α-hetero) is 1. The zero-order valence-corrected chi connectivity index (χ0v) is 26.0. The number of epoxide rings is 1. The Balaban J connectivity index is 1.37. The first-order valence-corrected chi connectivity index (χ1v) is 15.7. The van der Waals surface area contributed by atoms with Gasteiger partial charge >= 0.3 is 5.97 Å². The van der Waals surface area contributed by atoms with Crippen molar-refractivity contribution >= 4 is 17.5 Å². The molecule has 1 aliphatic heterocycles. The van der Waals surface area contributed by atoms with Crippen molar-refractivity contribution in [2.24, 2.45) is 46.3 Å². The predicted molar refractivity (Wildman–Crippen MR) is 151 cm³/mol. The van der Waals surface area contributed by atoms with Crippen molar-refractivity contribution in [1.82, 2.24) is 0 Å². The number of ketones is 2. The van der Waals surface area contributed by atoms with Crippen LogP contribution < -0.4 is 0 Å². The van der Waals surface area contributed by atoms with E-state index >= 15 is 0 Å². The lowest BCUT2D eigenvalue weighted by molar-refractivity contribution is -0.173. The van der Waals surface area contributed by atoms with Crippen LogP contribution in [0, 0.1) is 46.3 Å². The van der Waals surface area contributed by atoms with Crippen molar-refractivity contribution in [3.8, 4) is 0 Å². The van der Waals surface area contributed by atoms with Crippen LogP contribution in [-0.2, 0) is 23.9 Å². The summed E-state index contributed by atoms with van der Waals surface area (Å²) in [4.78, 5) is 39.9. The SMILES string of the molecule is CC(C)[C@@H](C)[C@H](O)C(=O)[C@@H](C)[C@H]1CC[C@H]2[C@H]3C(=O)C=C4C[C@@H](OC(=O)C(O)C(C)(C)O)CC[C@]4(C)[C@]34O[C@@H]4C[C@]12C. The molecule has 5 aliphatic rings. The number of fused-ring (bicyclic) bond motifs is 3. The van der Waals surface area contributed by atoms with Crippen molar-refractivity contribution in [3.05, 3.63) is 11.6 Å². The Labute approximate surface area is 244 Å². The minimum atomic E-state index is -1.65. The number of hydrogen-bond donors (Lipinski definition) is 3. The maximum Gasteiger partial charge on any atom is 0.338 e. The van der Waals surface area contributed by atoms with Gasteiger partial charge in [-0.25, -0.2) is 4.79 Å². The number of hydrogen-bond acceptors (Lipinski definition) is 8. The van der Waals surface area contributed by atoms with Crippen molar-refractivity contribution in [2.45, 2.75) is 130 Å². The quantitative estimate of drug-likeness (QED) is 0.295. The summed E-state index contributed by atoms with van der Waals surface area (Å²) in [6.07, 6.45) is 2.76. The highest BCUT2D eigenvalue weighted by Gasteiger charge is 2.80. The summed E-state index contributed by atoms with van der Waals surface area (Å²) < 4.78 is 12.2. The van der Waals surface area contributed by atoms with Gasteiger partial charge in [-0.15, -0.1) is 0 Å². The van der Waals surface area contributed by atoms with Crippen LogP contribution in [0.4, 0.5) is 0 Å². The lowest BCUT2D eigenvalue weighted by Crippen LogP contribution is -2.60. The molecule has 0 aromatic heterocycles.